The molecule has 6 nitrogen and oxygen atoms in total. The van der Waals surface area contributed by atoms with Gasteiger partial charge < -0.3 is 15.4 Å². The van der Waals surface area contributed by atoms with Crippen LogP contribution in [0.25, 0.3) is 6.08 Å². The van der Waals surface area contributed by atoms with Crippen LogP contribution in [0.1, 0.15) is 16.7 Å². The number of hydrogen-bond acceptors (Lipinski definition) is 4. The van der Waals surface area contributed by atoms with Gasteiger partial charge in [0.2, 0.25) is 0 Å². The minimum absolute atomic E-state index is 0.145. The number of hydrogen-bond donors (Lipinski definition) is 2. The molecule has 2 amide bonds. The van der Waals surface area contributed by atoms with Gasteiger partial charge in [0.25, 0.3) is 11.8 Å². The van der Waals surface area contributed by atoms with Crippen LogP contribution in [-0.2, 0) is 9.59 Å². The van der Waals surface area contributed by atoms with Crippen molar-refractivity contribution in [3.05, 3.63) is 93.0 Å². The summed E-state index contributed by atoms with van der Waals surface area (Å²) in [6.07, 6.45) is 1.37. The van der Waals surface area contributed by atoms with Gasteiger partial charge in [-0.1, -0.05) is 47.5 Å². The van der Waals surface area contributed by atoms with E-state index < -0.39 is 11.8 Å². The highest BCUT2D eigenvalue weighted by Gasteiger charge is 2.14. The predicted octanol–water partition coefficient (Wildman–Crippen LogP) is 6.17. The van der Waals surface area contributed by atoms with E-state index in [1.54, 1.807) is 48.5 Å². The molecule has 0 fully saturated rings. The second-order valence-corrected chi connectivity index (χ2v) is 8.21. The zero-order valence-corrected chi connectivity index (χ0v) is 20.0. The number of anilines is 2. The van der Waals surface area contributed by atoms with Crippen molar-refractivity contribution in [2.75, 3.05) is 17.2 Å². The second kappa shape index (κ2) is 11.4. The molecule has 0 spiro atoms. The molecule has 3 aromatic carbocycles. The van der Waals surface area contributed by atoms with Crippen molar-refractivity contribution in [3.8, 4) is 11.8 Å². The number of nitriles is 1. The van der Waals surface area contributed by atoms with Gasteiger partial charge in [-0.3, -0.25) is 9.59 Å². The molecule has 3 rings (SSSR count). The second-order valence-electron chi connectivity index (χ2n) is 7.37. The lowest BCUT2D eigenvalue weighted by molar-refractivity contribution is -0.118. The quantitative estimate of drug-likeness (QED) is 0.304. The number of nitrogens with one attached hydrogen (secondary N) is 2. The predicted molar refractivity (Wildman–Crippen MR) is 135 cm³/mol. The van der Waals surface area contributed by atoms with Crippen molar-refractivity contribution in [1.29, 1.82) is 5.26 Å². The summed E-state index contributed by atoms with van der Waals surface area (Å²) in [7, 11) is 0. The van der Waals surface area contributed by atoms with Crippen LogP contribution in [0, 0.1) is 25.2 Å². The molecule has 0 radical (unpaired) electrons. The fraction of sp³-hybridized carbons (Fsp3) is 0.115. The van der Waals surface area contributed by atoms with Gasteiger partial charge in [0, 0.05) is 16.3 Å². The molecule has 0 unspecified atom stereocenters. The van der Waals surface area contributed by atoms with Crippen LogP contribution in [0.3, 0.4) is 0 Å². The molecule has 8 heteroatoms. The summed E-state index contributed by atoms with van der Waals surface area (Å²) >= 11 is 12.2. The largest absolute Gasteiger partial charge is 0.483 e. The fourth-order valence-electron chi connectivity index (χ4n) is 3.04. The average Bonchev–Trinajstić information content (AvgIpc) is 2.81. The van der Waals surface area contributed by atoms with Gasteiger partial charge in [0.15, 0.2) is 6.61 Å². The van der Waals surface area contributed by atoms with E-state index in [9.17, 15) is 14.9 Å². The highest BCUT2D eigenvalue weighted by molar-refractivity contribution is 6.33. The zero-order valence-electron chi connectivity index (χ0n) is 18.5. The first-order chi connectivity index (χ1) is 16.3. The Hall–Kier alpha value is -3.79. The van der Waals surface area contributed by atoms with E-state index in [0.717, 1.165) is 11.1 Å². The van der Waals surface area contributed by atoms with Crippen LogP contribution in [0.4, 0.5) is 11.4 Å². The number of ether oxygens (including phenoxy) is 1. The van der Waals surface area contributed by atoms with Crippen LogP contribution in [0.5, 0.6) is 5.75 Å². The van der Waals surface area contributed by atoms with Crippen molar-refractivity contribution in [1.82, 2.24) is 0 Å². The first-order valence-electron chi connectivity index (χ1n) is 10.2. The average molecular weight is 494 g/mol. The van der Waals surface area contributed by atoms with E-state index in [4.69, 9.17) is 27.9 Å². The Morgan fingerprint density at radius 3 is 2.47 bits per heavy atom. The lowest BCUT2D eigenvalue weighted by Gasteiger charge is -2.12. The molecule has 34 heavy (non-hydrogen) atoms. The normalized spacial score (nSPS) is 10.9. The van der Waals surface area contributed by atoms with Crippen LogP contribution in [-0.4, -0.2) is 18.4 Å². The third-order valence-electron chi connectivity index (χ3n) is 5.00. The standard InChI is InChI=1S/C26H21Cl2N3O3/c1-16-6-5-9-22(17(16)2)31-26(33)19(14-29)12-18-13-20(27)10-11-24(18)34-15-25(32)30-23-8-4-3-7-21(23)28/h3-13H,15H2,1-2H3,(H,30,32)(H,31,33)/b19-12-. The minimum atomic E-state index is -0.571. The number of benzene rings is 3. The van der Waals surface area contributed by atoms with Crippen molar-refractivity contribution in [3.63, 3.8) is 0 Å². The maximum atomic E-state index is 12.8. The van der Waals surface area contributed by atoms with Gasteiger partial charge in [-0.25, -0.2) is 0 Å². The summed E-state index contributed by atoms with van der Waals surface area (Å²) in [4.78, 5) is 25.1. The van der Waals surface area contributed by atoms with Crippen LogP contribution in [0.2, 0.25) is 10.0 Å². The van der Waals surface area contributed by atoms with Gasteiger partial charge in [-0.05, 0) is 67.4 Å². The lowest BCUT2D eigenvalue weighted by Crippen LogP contribution is -2.20. The molecule has 3 aromatic rings. The molecule has 172 valence electrons. The molecule has 0 saturated carbocycles. The smallest absolute Gasteiger partial charge is 0.266 e. The summed E-state index contributed by atoms with van der Waals surface area (Å²) in [5, 5.41) is 15.8. The van der Waals surface area contributed by atoms with Gasteiger partial charge in [-0.15, -0.1) is 0 Å². The van der Waals surface area contributed by atoms with Gasteiger partial charge in [0.1, 0.15) is 17.4 Å². The van der Waals surface area contributed by atoms with Crippen molar-refractivity contribution < 1.29 is 14.3 Å². The number of nitrogens with zero attached hydrogens (tertiary/aromatic N) is 1. The summed E-state index contributed by atoms with van der Waals surface area (Å²) in [6.45, 7) is 3.51. The number of para-hydroxylation sites is 1. The van der Waals surface area contributed by atoms with Gasteiger partial charge >= 0.3 is 0 Å². The maximum absolute atomic E-state index is 12.8. The monoisotopic (exact) mass is 493 g/mol. The van der Waals surface area contributed by atoms with E-state index in [0.29, 0.717) is 27.0 Å². The Morgan fingerprint density at radius 1 is 1.00 bits per heavy atom. The molecule has 0 aliphatic rings. The molecule has 0 aliphatic heterocycles. The molecular formula is C26H21Cl2N3O3. The Kier molecular flexibility index (Phi) is 8.31. The van der Waals surface area contributed by atoms with E-state index in [2.05, 4.69) is 10.6 Å². The molecule has 0 heterocycles. The Morgan fingerprint density at radius 2 is 1.74 bits per heavy atom. The summed E-state index contributed by atoms with van der Waals surface area (Å²) in [5.74, 6) is -0.712. The number of rotatable bonds is 7. The fourth-order valence-corrected chi connectivity index (χ4v) is 3.40. The molecule has 0 atom stereocenters. The molecule has 2 N–H and O–H groups in total. The highest BCUT2D eigenvalue weighted by Crippen LogP contribution is 2.27. The first kappa shape index (κ1) is 24.8. The highest BCUT2D eigenvalue weighted by atomic mass is 35.5. The van der Waals surface area contributed by atoms with Crippen molar-refractivity contribution in [2.24, 2.45) is 0 Å². The molecular weight excluding hydrogens is 473 g/mol. The number of amides is 2. The third-order valence-corrected chi connectivity index (χ3v) is 5.56. The summed E-state index contributed by atoms with van der Waals surface area (Å²) in [5.41, 5.74) is 3.23. The van der Waals surface area contributed by atoms with Crippen LogP contribution >= 0.6 is 23.2 Å². The number of aryl methyl sites for hydroxylation is 1. The molecule has 0 saturated heterocycles. The van der Waals surface area contributed by atoms with Gasteiger partial charge in [0.05, 0.1) is 10.7 Å². The first-order valence-corrected chi connectivity index (χ1v) is 11.0. The summed E-state index contributed by atoms with van der Waals surface area (Å²) < 4.78 is 5.64. The number of carbonyl (C=O) groups is 2. The molecule has 0 bridgehead atoms. The third kappa shape index (κ3) is 6.38. The minimum Gasteiger partial charge on any atom is -0.483 e. The van der Waals surface area contributed by atoms with Crippen LogP contribution in [0.15, 0.2) is 66.2 Å². The van der Waals surface area contributed by atoms with E-state index >= 15 is 0 Å². The number of carbonyl (C=O) groups excluding carboxylic acids is 2. The van der Waals surface area contributed by atoms with Crippen LogP contribution < -0.4 is 15.4 Å². The molecule has 0 aliphatic carbocycles. The summed E-state index contributed by atoms with van der Waals surface area (Å²) in [6, 6.07) is 19.0. The Labute approximate surface area is 207 Å². The van der Waals surface area contributed by atoms with Gasteiger partial charge in [-0.2, -0.15) is 5.26 Å². The van der Waals surface area contributed by atoms with E-state index in [1.165, 1.54) is 6.08 Å². The number of halogens is 2. The topological polar surface area (TPSA) is 91.2 Å². The Bertz CT molecular complexity index is 1310. The van der Waals surface area contributed by atoms with E-state index in [1.807, 2.05) is 32.0 Å². The van der Waals surface area contributed by atoms with Crippen molar-refractivity contribution >= 4 is 52.5 Å². The molecule has 0 aromatic heterocycles. The SMILES string of the molecule is Cc1cccc(NC(=O)/C(C#N)=C\c2cc(Cl)ccc2OCC(=O)Nc2ccccc2Cl)c1C. The van der Waals surface area contributed by atoms with Crippen molar-refractivity contribution in [2.45, 2.75) is 13.8 Å². The lowest BCUT2D eigenvalue weighted by atomic mass is 10.1. The maximum Gasteiger partial charge on any atom is 0.266 e. The Balaban J connectivity index is 1.78. The van der Waals surface area contributed by atoms with E-state index in [-0.39, 0.29) is 17.9 Å². The zero-order chi connectivity index (χ0) is 24.7.